The van der Waals surface area contributed by atoms with Gasteiger partial charge in [0.15, 0.2) is 0 Å². The second-order valence-electron chi connectivity index (χ2n) is 8.58. The van der Waals surface area contributed by atoms with Crippen molar-refractivity contribution in [2.75, 3.05) is 24.7 Å². The zero-order valence-electron chi connectivity index (χ0n) is 16.5. The first kappa shape index (κ1) is 20.7. The molecule has 138 valence electrons. The van der Waals surface area contributed by atoms with E-state index in [2.05, 4.69) is 59.8 Å². The molecule has 4 heteroatoms. The van der Waals surface area contributed by atoms with E-state index in [1.807, 2.05) is 23.5 Å². The van der Waals surface area contributed by atoms with Crippen molar-refractivity contribution in [3.05, 3.63) is 9.75 Å². The molecule has 2 rings (SSSR count). The summed E-state index contributed by atoms with van der Waals surface area (Å²) < 4.78 is 5.75. The molecule has 24 heavy (non-hydrogen) atoms. The minimum atomic E-state index is 0.210. The Morgan fingerprint density at radius 1 is 0.958 bits per heavy atom. The molecular formula is C20H34OS3. The van der Waals surface area contributed by atoms with Gasteiger partial charge in [-0.3, -0.25) is 0 Å². The molecule has 0 saturated heterocycles. The first-order valence-electron chi connectivity index (χ1n) is 9.18. The summed E-state index contributed by atoms with van der Waals surface area (Å²) >= 11 is 6.13. The molecule has 1 aliphatic heterocycles. The smallest absolute Gasteiger partial charge is 0.0560 e. The molecule has 2 heterocycles. The summed E-state index contributed by atoms with van der Waals surface area (Å²) in [4.78, 5) is 6.30. The zero-order valence-corrected chi connectivity index (χ0v) is 18.9. The lowest BCUT2D eigenvalue weighted by Gasteiger charge is -2.28. The van der Waals surface area contributed by atoms with Crippen molar-refractivity contribution in [3.63, 3.8) is 0 Å². The fourth-order valence-corrected chi connectivity index (χ4v) is 7.69. The summed E-state index contributed by atoms with van der Waals surface area (Å²) in [5, 5.41) is 0. The third-order valence-electron chi connectivity index (χ3n) is 4.62. The minimum absolute atomic E-state index is 0.210. The summed E-state index contributed by atoms with van der Waals surface area (Å²) in [5.41, 5.74) is 0.456. The van der Waals surface area contributed by atoms with Gasteiger partial charge in [-0.15, -0.1) is 34.9 Å². The summed E-state index contributed by atoms with van der Waals surface area (Å²) in [7, 11) is 0. The average Bonchev–Trinajstić information content (AvgIpc) is 2.88. The number of ether oxygens (including phenoxy) is 1. The van der Waals surface area contributed by atoms with Gasteiger partial charge in [0.25, 0.3) is 0 Å². The number of rotatable bonds is 4. The number of thioether (sulfide) groups is 2. The molecule has 1 unspecified atom stereocenters. The van der Waals surface area contributed by atoms with Gasteiger partial charge in [-0.25, -0.2) is 0 Å². The molecule has 1 atom stereocenters. The summed E-state index contributed by atoms with van der Waals surface area (Å²) in [6.07, 6.45) is 2.53. The molecule has 1 nitrogen and oxygen atoms in total. The van der Waals surface area contributed by atoms with Crippen molar-refractivity contribution in [1.29, 1.82) is 0 Å². The van der Waals surface area contributed by atoms with Crippen LogP contribution in [0.1, 0.15) is 71.1 Å². The molecule has 0 radical (unpaired) electrons. The van der Waals surface area contributed by atoms with Crippen molar-refractivity contribution in [2.24, 2.45) is 5.92 Å². The lowest BCUT2D eigenvalue weighted by Crippen LogP contribution is -2.20. The number of fused-ring (bicyclic) bond motifs is 1. The highest BCUT2D eigenvalue weighted by Crippen LogP contribution is 2.52. The Hall–Kier alpha value is 0.360. The Balaban J connectivity index is 2.50. The van der Waals surface area contributed by atoms with Gasteiger partial charge in [0, 0.05) is 36.5 Å². The van der Waals surface area contributed by atoms with E-state index in [0.29, 0.717) is 0 Å². The Morgan fingerprint density at radius 2 is 1.50 bits per heavy atom. The highest BCUT2D eigenvalue weighted by molar-refractivity contribution is 8.02. The standard InChI is InChI=1S/C20H34OS3/c1-8-14(2)13-20(6,7)18-16-15(17(24-18)19(3,4)5)22-11-9-21-10-12-23-16/h14H,8-13H2,1-7H3. The molecule has 0 N–H and O–H groups in total. The lowest BCUT2D eigenvalue weighted by molar-refractivity contribution is 0.167. The molecule has 0 fully saturated rings. The second-order valence-corrected chi connectivity index (χ2v) is 11.8. The maximum absolute atomic E-state index is 5.75. The maximum atomic E-state index is 5.75. The van der Waals surface area contributed by atoms with Gasteiger partial charge in [0.1, 0.15) is 0 Å². The van der Waals surface area contributed by atoms with E-state index in [9.17, 15) is 0 Å². The van der Waals surface area contributed by atoms with Crippen molar-refractivity contribution < 1.29 is 4.74 Å². The predicted molar refractivity (Wildman–Crippen MR) is 112 cm³/mol. The number of hydrogen-bond donors (Lipinski definition) is 0. The normalized spacial score (nSPS) is 18.5. The average molecular weight is 387 g/mol. The van der Waals surface area contributed by atoms with Crippen molar-refractivity contribution in [2.45, 2.75) is 81.9 Å². The fraction of sp³-hybridized carbons (Fsp3) is 0.800. The van der Waals surface area contributed by atoms with E-state index in [-0.39, 0.29) is 10.8 Å². The highest BCUT2D eigenvalue weighted by Gasteiger charge is 2.34. The van der Waals surface area contributed by atoms with Crippen LogP contribution in [0, 0.1) is 5.92 Å². The van der Waals surface area contributed by atoms with Crippen LogP contribution >= 0.6 is 34.9 Å². The molecule has 0 aliphatic carbocycles. The Morgan fingerprint density at radius 3 is 2.00 bits per heavy atom. The first-order valence-corrected chi connectivity index (χ1v) is 12.0. The first-order chi connectivity index (χ1) is 11.2. The third-order valence-corrected chi connectivity index (χ3v) is 9.13. The number of thiophene rings is 1. The van der Waals surface area contributed by atoms with Crippen LogP contribution in [-0.4, -0.2) is 24.7 Å². The van der Waals surface area contributed by atoms with E-state index >= 15 is 0 Å². The van der Waals surface area contributed by atoms with Gasteiger partial charge in [-0.05, 0) is 17.8 Å². The van der Waals surface area contributed by atoms with Crippen LogP contribution in [0.3, 0.4) is 0 Å². The van der Waals surface area contributed by atoms with Crippen molar-refractivity contribution >= 4 is 34.9 Å². The van der Waals surface area contributed by atoms with E-state index in [0.717, 1.165) is 30.6 Å². The molecule has 1 aliphatic rings. The SMILES string of the molecule is CCC(C)CC(C)(C)c1sc(C(C)(C)C)c2c1SCCOCCS2. The Labute approximate surface area is 161 Å². The van der Waals surface area contributed by atoms with Gasteiger partial charge < -0.3 is 4.74 Å². The van der Waals surface area contributed by atoms with Gasteiger partial charge in [0.2, 0.25) is 0 Å². The molecule has 0 bridgehead atoms. The predicted octanol–water partition coefficient (Wildman–Crippen LogP) is 6.97. The van der Waals surface area contributed by atoms with E-state index in [1.165, 1.54) is 12.8 Å². The van der Waals surface area contributed by atoms with Crippen molar-refractivity contribution in [3.8, 4) is 0 Å². The topological polar surface area (TPSA) is 9.23 Å². The molecule has 1 aromatic heterocycles. The van der Waals surface area contributed by atoms with Crippen LogP contribution in [0.5, 0.6) is 0 Å². The summed E-state index contributed by atoms with van der Waals surface area (Å²) in [6, 6.07) is 0. The quantitative estimate of drug-likeness (QED) is 0.552. The largest absolute Gasteiger partial charge is 0.380 e. The third kappa shape index (κ3) is 4.96. The fourth-order valence-electron chi connectivity index (χ4n) is 3.22. The Bertz CT molecular complexity index is 540. The van der Waals surface area contributed by atoms with E-state index < -0.39 is 0 Å². The molecule has 0 amide bonds. The van der Waals surface area contributed by atoms with E-state index in [1.54, 1.807) is 19.5 Å². The summed E-state index contributed by atoms with van der Waals surface area (Å²) in [6.45, 7) is 18.4. The van der Waals surface area contributed by atoms with E-state index in [4.69, 9.17) is 4.74 Å². The van der Waals surface area contributed by atoms with Crippen molar-refractivity contribution in [1.82, 2.24) is 0 Å². The van der Waals surface area contributed by atoms with Gasteiger partial charge >= 0.3 is 0 Å². The maximum Gasteiger partial charge on any atom is 0.0560 e. The molecule has 0 aromatic carbocycles. The van der Waals surface area contributed by atoms with Gasteiger partial charge in [-0.1, -0.05) is 54.9 Å². The minimum Gasteiger partial charge on any atom is -0.380 e. The van der Waals surface area contributed by atoms with Gasteiger partial charge in [0.05, 0.1) is 13.2 Å². The second kappa shape index (κ2) is 8.37. The molecule has 1 aromatic rings. The highest BCUT2D eigenvalue weighted by atomic mass is 32.2. The van der Waals surface area contributed by atoms with Crippen LogP contribution in [0.4, 0.5) is 0 Å². The molecule has 0 spiro atoms. The van der Waals surface area contributed by atoms with Crippen LogP contribution in [-0.2, 0) is 15.6 Å². The molecule has 0 saturated carbocycles. The Kier molecular flexibility index (Phi) is 7.21. The van der Waals surface area contributed by atoms with Crippen LogP contribution in [0.2, 0.25) is 0 Å². The van der Waals surface area contributed by atoms with Crippen LogP contribution in [0.15, 0.2) is 9.79 Å². The molecular weight excluding hydrogens is 352 g/mol. The van der Waals surface area contributed by atoms with Gasteiger partial charge in [-0.2, -0.15) is 0 Å². The summed E-state index contributed by atoms with van der Waals surface area (Å²) in [5.74, 6) is 2.91. The monoisotopic (exact) mass is 386 g/mol. The number of hydrogen-bond acceptors (Lipinski definition) is 4. The zero-order chi connectivity index (χ0) is 18.0. The van der Waals surface area contributed by atoms with Crippen LogP contribution < -0.4 is 0 Å². The lowest BCUT2D eigenvalue weighted by atomic mass is 9.81. The van der Waals surface area contributed by atoms with Crippen LogP contribution in [0.25, 0.3) is 0 Å².